The zero-order chi connectivity index (χ0) is 25.6. The molecular weight excluding hydrogens is 487 g/mol. The molecule has 4 aromatic heterocycles. The number of nitrogens with two attached hydrogens (primary N) is 1. The first kappa shape index (κ1) is 23.2. The Balaban J connectivity index is 1.20. The number of halogens is 3. The van der Waals surface area contributed by atoms with Crippen molar-refractivity contribution in [3.8, 4) is 22.5 Å². The lowest BCUT2D eigenvalue weighted by Gasteiger charge is -2.28. The monoisotopic (exact) mass is 511 g/mol. The van der Waals surface area contributed by atoms with E-state index < -0.39 is 12.0 Å². The first-order valence-corrected chi connectivity index (χ1v) is 11.8. The highest BCUT2D eigenvalue weighted by Gasteiger charge is 2.39. The summed E-state index contributed by atoms with van der Waals surface area (Å²) in [5.74, 6) is 0.571. The molecule has 11 nitrogen and oxygen atoms in total. The van der Waals surface area contributed by atoms with E-state index in [-0.39, 0.29) is 18.9 Å². The van der Waals surface area contributed by atoms with Crippen molar-refractivity contribution in [1.82, 2.24) is 40.0 Å². The molecule has 0 aliphatic carbocycles. The van der Waals surface area contributed by atoms with Crippen molar-refractivity contribution in [1.29, 1.82) is 0 Å². The maximum absolute atomic E-state index is 13.1. The molecule has 6 rings (SSSR count). The molecule has 0 radical (unpaired) electrons. The zero-order valence-corrected chi connectivity index (χ0v) is 19.7. The molecule has 4 aromatic rings. The number of piperazine rings is 1. The molecule has 4 N–H and O–H groups in total. The number of aromatic nitrogens is 7. The van der Waals surface area contributed by atoms with E-state index in [2.05, 4.69) is 40.3 Å². The van der Waals surface area contributed by atoms with Crippen LogP contribution in [0.1, 0.15) is 11.6 Å². The maximum atomic E-state index is 13.1. The average molecular weight is 512 g/mol. The lowest BCUT2D eigenvalue weighted by atomic mass is 10.1. The summed E-state index contributed by atoms with van der Waals surface area (Å²) in [7, 11) is 0. The summed E-state index contributed by atoms with van der Waals surface area (Å²) in [5.41, 5.74) is 10.2. The molecular formula is C23H24F3N11. The Morgan fingerprint density at radius 1 is 0.892 bits per heavy atom. The molecule has 0 bridgehead atoms. The second-order valence-corrected chi connectivity index (χ2v) is 8.94. The molecule has 0 aromatic carbocycles. The van der Waals surface area contributed by atoms with Gasteiger partial charge in [0.2, 0.25) is 11.8 Å². The zero-order valence-electron chi connectivity index (χ0n) is 19.7. The number of hydrogen-bond acceptors (Lipinski definition) is 9. The van der Waals surface area contributed by atoms with Gasteiger partial charge in [0.05, 0.1) is 17.9 Å². The molecule has 6 heterocycles. The molecule has 0 amide bonds. The molecule has 1 saturated heterocycles. The number of alkyl halides is 3. The van der Waals surface area contributed by atoms with Crippen LogP contribution in [0.25, 0.3) is 22.5 Å². The Morgan fingerprint density at radius 2 is 1.68 bits per heavy atom. The maximum Gasteiger partial charge on any atom is 0.451 e. The average Bonchev–Trinajstić information content (AvgIpc) is 3.53. The van der Waals surface area contributed by atoms with Gasteiger partial charge in [0, 0.05) is 74.7 Å². The van der Waals surface area contributed by atoms with Crippen LogP contribution in [0.2, 0.25) is 0 Å². The van der Waals surface area contributed by atoms with Gasteiger partial charge in [-0.2, -0.15) is 13.2 Å². The number of H-pyrrole nitrogens is 1. The van der Waals surface area contributed by atoms with Crippen LogP contribution < -0.4 is 20.9 Å². The number of rotatable bonds is 4. The van der Waals surface area contributed by atoms with Crippen LogP contribution in [0.3, 0.4) is 0 Å². The van der Waals surface area contributed by atoms with Gasteiger partial charge in [-0.15, -0.1) is 10.2 Å². The van der Waals surface area contributed by atoms with Gasteiger partial charge in [-0.1, -0.05) is 0 Å². The van der Waals surface area contributed by atoms with Gasteiger partial charge in [0.25, 0.3) is 0 Å². The molecule has 1 fully saturated rings. The molecule has 37 heavy (non-hydrogen) atoms. The van der Waals surface area contributed by atoms with Crippen LogP contribution in [0.5, 0.6) is 0 Å². The standard InChI is InChI=1S/C23H24F3N11/c24-23(25,26)21-34-33-19-13-36(7-8-37(19)21)22-30-11-15(12-31-22)17-9-14(1-2-29-17)18-10-16(27)20(32-18)35-5-3-28-4-6-35/h1-2,9-12,28,32H,3-8,13,27H2. The van der Waals surface area contributed by atoms with E-state index in [0.29, 0.717) is 29.4 Å². The minimum Gasteiger partial charge on any atom is -0.396 e. The van der Waals surface area contributed by atoms with Gasteiger partial charge in [-0.3, -0.25) is 4.98 Å². The normalized spacial score (nSPS) is 16.2. The fourth-order valence-electron chi connectivity index (χ4n) is 4.68. The number of anilines is 3. The third-order valence-electron chi connectivity index (χ3n) is 6.55. The van der Waals surface area contributed by atoms with Crippen LogP contribution in [0.15, 0.2) is 36.8 Å². The van der Waals surface area contributed by atoms with Crippen LogP contribution >= 0.6 is 0 Å². The Bertz CT molecular complexity index is 1400. The quantitative estimate of drug-likeness (QED) is 0.377. The second kappa shape index (κ2) is 9.03. The van der Waals surface area contributed by atoms with E-state index in [1.54, 1.807) is 23.5 Å². The van der Waals surface area contributed by atoms with E-state index in [1.165, 1.54) is 0 Å². The summed E-state index contributed by atoms with van der Waals surface area (Å²) in [6.45, 7) is 4.14. The summed E-state index contributed by atoms with van der Waals surface area (Å²) in [6, 6.07) is 5.77. The number of nitrogen functional groups attached to an aromatic ring is 1. The van der Waals surface area contributed by atoms with Crippen molar-refractivity contribution < 1.29 is 13.2 Å². The van der Waals surface area contributed by atoms with Crippen LogP contribution in [0, 0.1) is 0 Å². The summed E-state index contributed by atoms with van der Waals surface area (Å²) in [4.78, 5) is 20.8. The van der Waals surface area contributed by atoms with E-state index >= 15 is 0 Å². The van der Waals surface area contributed by atoms with Crippen LogP contribution in [0.4, 0.5) is 30.6 Å². The van der Waals surface area contributed by atoms with Crippen LogP contribution in [-0.2, 0) is 19.3 Å². The number of nitrogens with zero attached hydrogens (tertiary/aromatic N) is 8. The number of nitrogens with one attached hydrogen (secondary N) is 2. The highest BCUT2D eigenvalue weighted by molar-refractivity contribution is 5.76. The fraction of sp³-hybridized carbons (Fsp3) is 0.348. The Labute approximate surface area is 209 Å². The predicted molar refractivity (Wildman–Crippen MR) is 131 cm³/mol. The van der Waals surface area contributed by atoms with E-state index in [1.807, 2.05) is 18.2 Å². The predicted octanol–water partition coefficient (Wildman–Crippen LogP) is 2.16. The Hall–Kier alpha value is -4.20. The molecule has 0 saturated carbocycles. The smallest absolute Gasteiger partial charge is 0.396 e. The number of aromatic amines is 1. The fourth-order valence-corrected chi connectivity index (χ4v) is 4.68. The van der Waals surface area contributed by atoms with Crippen LogP contribution in [-0.4, -0.2) is 67.4 Å². The molecule has 0 atom stereocenters. The third-order valence-corrected chi connectivity index (χ3v) is 6.55. The van der Waals surface area contributed by atoms with Crippen molar-refractivity contribution in [3.63, 3.8) is 0 Å². The summed E-state index contributed by atoms with van der Waals surface area (Å²) in [6.07, 6.45) is 0.496. The molecule has 0 spiro atoms. The summed E-state index contributed by atoms with van der Waals surface area (Å²) >= 11 is 0. The van der Waals surface area contributed by atoms with E-state index in [0.717, 1.165) is 47.8 Å². The molecule has 0 unspecified atom stereocenters. The minimum absolute atomic E-state index is 0.0983. The van der Waals surface area contributed by atoms with Gasteiger partial charge in [-0.05, 0) is 18.2 Å². The van der Waals surface area contributed by atoms with Gasteiger partial charge >= 0.3 is 6.18 Å². The summed E-state index contributed by atoms with van der Waals surface area (Å²) < 4.78 is 40.4. The molecule has 14 heteroatoms. The minimum atomic E-state index is -4.54. The SMILES string of the molecule is Nc1cc(-c2ccnc(-c3cnc(N4CCn5c(nnc5C(F)(F)F)C4)nc3)c2)[nH]c1N1CCNCC1. The lowest BCUT2D eigenvalue weighted by Crippen LogP contribution is -2.43. The van der Waals surface area contributed by atoms with Gasteiger partial charge in [0.15, 0.2) is 5.82 Å². The first-order chi connectivity index (χ1) is 17.9. The largest absolute Gasteiger partial charge is 0.451 e. The van der Waals surface area contributed by atoms with Crippen molar-refractivity contribution in [3.05, 3.63) is 48.4 Å². The highest BCUT2D eigenvalue weighted by Crippen LogP contribution is 2.32. The van der Waals surface area contributed by atoms with E-state index in [4.69, 9.17) is 5.73 Å². The van der Waals surface area contributed by atoms with Gasteiger partial charge in [0.1, 0.15) is 5.82 Å². The molecule has 2 aliphatic rings. The van der Waals surface area contributed by atoms with Crippen molar-refractivity contribution >= 4 is 17.5 Å². The van der Waals surface area contributed by atoms with Crippen molar-refractivity contribution in [2.75, 3.05) is 48.3 Å². The van der Waals surface area contributed by atoms with Gasteiger partial charge < -0.3 is 30.4 Å². The topological polar surface area (TPSA) is 130 Å². The lowest BCUT2D eigenvalue weighted by molar-refractivity contribution is -0.147. The van der Waals surface area contributed by atoms with Crippen molar-refractivity contribution in [2.45, 2.75) is 19.3 Å². The third kappa shape index (κ3) is 4.43. The highest BCUT2D eigenvalue weighted by atomic mass is 19.4. The van der Waals surface area contributed by atoms with Crippen molar-refractivity contribution in [2.24, 2.45) is 0 Å². The summed E-state index contributed by atoms with van der Waals surface area (Å²) in [5, 5.41) is 10.4. The van der Waals surface area contributed by atoms with E-state index in [9.17, 15) is 13.2 Å². The number of fused-ring (bicyclic) bond motifs is 1. The Kier molecular flexibility index (Phi) is 5.67. The second-order valence-electron chi connectivity index (χ2n) is 8.94. The Morgan fingerprint density at radius 3 is 2.43 bits per heavy atom. The number of hydrogen-bond donors (Lipinski definition) is 3. The first-order valence-electron chi connectivity index (χ1n) is 11.8. The number of pyridine rings is 1. The van der Waals surface area contributed by atoms with Gasteiger partial charge in [-0.25, -0.2) is 9.97 Å². The molecule has 2 aliphatic heterocycles. The molecule has 192 valence electrons.